The Morgan fingerprint density at radius 1 is 0.968 bits per heavy atom. The normalized spacial score (nSPS) is 21.4. The second-order valence-electron chi connectivity index (χ2n) is 8.38. The highest BCUT2D eigenvalue weighted by atomic mass is 16.7. The Morgan fingerprint density at radius 2 is 1.81 bits per heavy atom. The molecule has 2 saturated heterocycles. The fraction of sp³-hybridized carbons (Fsp3) is 0.417. The topological polar surface area (TPSA) is 62.3 Å². The Hall–Kier alpha value is -3.06. The highest BCUT2D eigenvalue weighted by Crippen LogP contribution is 2.37. The van der Waals surface area contributed by atoms with Gasteiger partial charge in [0, 0.05) is 57.4 Å². The van der Waals surface area contributed by atoms with Crippen LogP contribution in [0.3, 0.4) is 0 Å². The van der Waals surface area contributed by atoms with Gasteiger partial charge in [0.15, 0.2) is 11.5 Å². The van der Waals surface area contributed by atoms with Crippen molar-refractivity contribution in [2.75, 3.05) is 44.4 Å². The minimum absolute atomic E-state index is 0.0160. The molecule has 2 aromatic carbocycles. The molecule has 3 heterocycles. The van der Waals surface area contributed by atoms with Crippen molar-refractivity contribution in [1.29, 1.82) is 0 Å². The molecule has 0 aromatic heterocycles. The fourth-order valence-electron chi connectivity index (χ4n) is 4.62. The number of hydrogen-bond donors (Lipinski definition) is 0. The number of anilines is 1. The summed E-state index contributed by atoms with van der Waals surface area (Å²) in [6.45, 7) is 4.81. The number of nitrogens with zero attached hydrogens (tertiary/aromatic N) is 3. The molecule has 3 aliphatic rings. The predicted molar refractivity (Wildman–Crippen MR) is 116 cm³/mol. The number of carbonyl (C=O) groups excluding carboxylic acids is 2. The van der Waals surface area contributed by atoms with Gasteiger partial charge in [-0.15, -0.1) is 0 Å². The highest BCUT2D eigenvalue weighted by Gasteiger charge is 2.38. The smallest absolute Gasteiger partial charge is 0.231 e. The lowest BCUT2D eigenvalue weighted by atomic mass is 10.1. The maximum absolute atomic E-state index is 13.2. The third kappa shape index (κ3) is 4.23. The molecule has 7 nitrogen and oxygen atoms in total. The van der Waals surface area contributed by atoms with E-state index in [1.807, 2.05) is 29.2 Å². The summed E-state index contributed by atoms with van der Waals surface area (Å²) < 4.78 is 10.8. The third-order valence-corrected chi connectivity index (χ3v) is 6.29. The number of hydrogen-bond acceptors (Lipinski definition) is 5. The van der Waals surface area contributed by atoms with Gasteiger partial charge in [-0.05, 0) is 24.1 Å². The van der Waals surface area contributed by atoms with E-state index in [4.69, 9.17) is 9.47 Å². The molecule has 0 saturated carbocycles. The van der Waals surface area contributed by atoms with Gasteiger partial charge in [-0.2, -0.15) is 0 Å². The van der Waals surface area contributed by atoms with Gasteiger partial charge >= 0.3 is 0 Å². The van der Waals surface area contributed by atoms with Gasteiger partial charge in [0.1, 0.15) is 0 Å². The van der Waals surface area contributed by atoms with Crippen LogP contribution in [0, 0.1) is 5.92 Å². The molecule has 162 valence electrons. The van der Waals surface area contributed by atoms with Crippen molar-refractivity contribution in [3.63, 3.8) is 0 Å². The van der Waals surface area contributed by atoms with E-state index in [9.17, 15) is 9.59 Å². The summed E-state index contributed by atoms with van der Waals surface area (Å²) in [5.41, 5.74) is 2.05. The van der Waals surface area contributed by atoms with Crippen LogP contribution in [0.25, 0.3) is 0 Å². The first-order valence-electron chi connectivity index (χ1n) is 10.9. The van der Waals surface area contributed by atoms with Crippen molar-refractivity contribution in [1.82, 2.24) is 9.80 Å². The lowest BCUT2D eigenvalue weighted by molar-refractivity contribution is -0.135. The van der Waals surface area contributed by atoms with Crippen LogP contribution < -0.4 is 14.4 Å². The average Bonchev–Trinajstić information content (AvgIpc) is 3.34. The first-order valence-corrected chi connectivity index (χ1v) is 10.9. The van der Waals surface area contributed by atoms with Crippen LogP contribution in [0.5, 0.6) is 11.5 Å². The van der Waals surface area contributed by atoms with Crippen molar-refractivity contribution in [2.45, 2.75) is 19.4 Å². The van der Waals surface area contributed by atoms with Gasteiger partial charge in [-0.1, -0.05) is 30.3 Å². The van der Waals surface area contributed by atoms with Crippen molar-refractivity contribution in [2.24, 2.45) is 5.92 Å². The molecule has 1 atom stereocenters. The molecule has 5 rings (SSSR count). The highest BCUT2D eigenvalue weighted by molar-refractivity contribution is 6.00. The Labute approximate surface area is 182 Å². The van der Waals surface area contributed by atoms with Crippen LogP contribution in [0.2, 0.25) is 0 Å². The molecule has 2 aromatic rings. The van der Waals surface area contributed by atoms with E-state index in [1.165, 1.54) is 5.56 Å². The van der Waals surface area contributed by atoms with Crippen molar-refractivity contribution in [3.05, 3.63) is 54.1 Å². The van der Waals surface area contributed by atoms with Crippen LogP contribution in [-0.2, 0) is 16.1 Å². The lowest BCUT2D eigenvalue weighted by Crippen LogP contribution is -2.39. The number of amides is 2. The third-order valence-electron chi connectivity index (χ3n) is 6.29. The molecule has 3 aliphatic heterocycles. The fourth-order valence-corrected chi connectivity index (χ4v) is 4.62. The zero-order valence-electron chi connectivity index (χ0n) is 17.5. The summed E-state index contributed by atoms with van der Waals surface area (Å²) in [7, 11) is 0. The second kappa shape index (κ2) is 8.59. The van der Waals surface area contributed by atoms with E-state index in [2.05, 4.69) is 29.2 Å². The Morgan fingerprint density at radius 3 is 2.68 bits per heavy atom. The molecular formula is C24H27N3O4. The maximum atomic E-state index is 13.2. The second-order valence-corrected chi connectivity index (χ2v) is 8.38. The first kappa shape index (κ1) is 19.9. The number of fused-ring (bicyclic) bond motifs is 1. The Balaban J connectivity index is 1.20. The molecule has 0 bridgehead atoms. The minimum Gasteiger partial charge on any atom is -0.454 e. The monoisotopic (exact) mass is 421 g/mol. The zero-order chi connectivity index (χ0) is 21.2. The van der Waals surface area contributed by atoms with E-state index < -0.39 is 0 Å². The van der Waals surface area contributed by atoms with Gasteiger partial charge in [0.05, 0.1) is 5.92 Å². The summed E-state index contributed by atoms with van der Waals surface area (Å²) >= 11 is 0. The largest absolute Gasteiger partial charge is 0.454 e. The minimum atomic E-state index is -0.293. The zero-order valence-corrected chi connectivity index (χ0v) is 17.5. The molecular weight excluding hydrogens is 394 g/mol. The van der Waals surface area contributed by atoms with Crippen LogP contribution in [0.1, 0.15) is 18.4 Å². The SMILES string of the molecule is O=C(C1CC(=O)N(c2ccc3c(c2)OCO3)C1)N1CCCN(Cc2ccccc2)CC1. The summed E-state index contributed by atoms with van der Waals surface area (Å²) in [5.74, 6) is 1.12. The molecule has 0 radical (unpaired) electrons. The number of rotatable bonds is 4. The number of benzene rings is 2. The molecule has 2 fully saturated rings. The van der Waals surface area contributed by atoms with Crippen molar-refractivity contribution in [3.8, 4) is 11.5 Å². The summed E-state index contributed by atoms with van der Waals surface area (Å²) in [5, 5.41) is 0. The molecule has 0 N–H and O–H groups in total. The molecule has 1 unspecified atom stereocenters. The van der Waals surface area contributed by atoms with Crippen molar-refractivity contribution < 1.29 is 19.1 Å². The molecule has 7 heteroatoms. The average molecular weight is 421 g/mol. The molecule has 0 spiro atoms. The number of ether oxygens (including phenoxy) is 2. The van der Waals surface area contributed by atoms with E-state index in [1.54, 1.807) is 4.90 Å². The number of carbonyl (C=O) groups is 2. The van der Waals surface area contributed by atoms with Crippen LogP contribution in [-0.4, -0.2) is 61.1 Å². The summed E-state index contributed by atoms with van der Waals surface area (Å²) in [6.07, 6.45) is 1.21. The van der Waals surface area contributed by atoms with E-state index in [0.717, 1.165) is 38.3 Å². The van der Waals surface area contributed by atoms with E-state index >= 15 is 0 Å². The molecule has 0 aliphatic carbocycles. The van der Waals surface area contributed by atoms with Gasteiger partial charge < -0.3 is 19.3 Å². The first-order chi connectivity index (χ1) is 15.2. The summed E-state index contributed by atoms with van der Waals surface area (Å²) in [4.78, 5) is 31.9. The Bertz CT molecular complexity index is 965. The summed E-state index contributed by atoms with van der Waals surface area (Å²) in [6, 6.07) is 15.9. The Kier molecular flexibility index (Phi) is 5.51. The van der Waals surface area contributed by atoms with Crippen LogP contribution in [0.4, 0.5) is 5.69 Å². The molecule has 31 heavy (non-hydrogen) atoms. The lowest BCUT2D eigenvalue weighted by Gasteiger charge is -2.24. The predicted octanol–water partition coefficient (Wildman–Crippen LogP) is 2.50. The molecule has 2 amide bonds. The van der Waals surface area contributed by atoms with E-state index in [-0.39, 0.29) is 30.9 Å². The van der Waals surface area contributed by atoms with Crippen molar-refractivity contribution >= 4 is 17.5 Å². The van der Waals surface area contributed by atoms with Crippen LogP contribution in [0.15, 0.2) is 48.5 Å². The quantitative estimate of drug-likeness (QED) is 0.759. The van der Waals surface area contributed by atoms with Crippen LogP contribution >= 0.6 is 0 Å². The van der Waals surface area contributed by atoms with Gasteiger partial charge in [-0.25, -0.2) is 0 Å². The standard InChI is InChI=1S/C24H27N3O4/c28-23-13-19(16-27(23)20-7-8-21-22(14-20)31-17-30-21)24(29)26-10-4-9-25(11-12-26)15-18-5-2-1-3-6-18/h1-3,5-8,14,19H,4,9-13,15-17H2. The van der Waals surface area contributed by atoms with Gasteiger partial charge in [-0.3, -0.25) is 14.5 Å². The maximum Gasteiger partial charge on any atom is 0.231 e. The van der Waals surface area contributed by atoms with E-state index in [0.29, 0.717) is 24.6 Å². The van der Waals surface area contributed by atoms with Gasteiger partial charge in [0.2, 0.25) is 18.6 Å². The van der Waals surface area contributed by atoms with Gasteiger partial charge in [0.25, 0.3) is 0 Å².